The molecule has 3 unspecified atom stereocenters. The molecule has 0 amide bonds. The highest BCUT2D eigenvalue weighted by Crippen LogP contribution is 2.38. The summed E-state index contributed by atoms with van der Waals surface area (Å²) in [6.07, 6.45) is 6.36. The monoisotopic (exact) mass is 211 g/mol. The Morgan fingerprint density at radius 1 is 1.40 bits per heavy atom. The topological polar surface area (TPSA) is 42.2 Å². The third-order valence-corrected chi connectivity index (χ3v) is 3.54. The smallest absolute Gasteiger partial charge is 0.254 e. The lowest BCUT2D eigenvalue weighted by atomic mass is 9.71. The van der Waals surface area contributed by atoms with Crippen LogP contribution < -0.4 is 0 Å². The highest BCUT2D eigenvalue weighted by molar-refractivity contribution is 4.83. The van der Waals surface area contributed by atoms with Crippen LogP contribution in [0.4, 0.5) is 0 Å². The van der Waals surface area contributed by atoms with Crippen LogP contribution in [-0.2, 0) is 9.78 Å². The zero-order valence-electron chi connectivity index (χ0n) is 9.90. The number of nitriles is 1. The van der Waals surface area contributed by atoms with Crippen LogP contribution in [0.5, 0.6) is 0 Å². The molecule has 3 heteroatoms. The molecule has 3 nitrogen and oxygen atoms in total. The van der Waals surface area contributed by atoms with Crippen molar-refractivity contribution in [3.63, 3.8) is 0 Å². The molecule has 0 saturated heterocycles. The van der Waals surface area contributed by atoms with E-state index in [0.29, 0.717) is 17.8 Å². The summed E-state index contributed by atoms with van der Waals surface area (Å²) in [6, 6.07) is 0. The van der Waals surface area contributed by atoms with E-state index in [1.54, 1.807) is 6.26 Å². The summed E-state index contributed by atoms with van der Waals surface area (Å²) in [7, 11) is 0. The van der Waals surface area contributed by atoms with Gasteiger partial charge < -0.3 is 0 Å². The van der Waals surface area contributed by atoms with E-state index in [-0.39, 0.29) is 6.10 Å². The van der Waals surface area contributed by atoms with Crippen molar-refractivity contribution in [1.82, 2.24) is 0 Å². The van der Waals surface area contributed by atoms with Gasteiger partial charge in [-0.15, -0.1) is 5.26 Å². The largest absolute Gasteiger partial charge is 0.324 e. The van der Waals surface area contributed by atoms with Gasteiger partial charge in [-0.2, -0.15) is 4.89 Å². The van der Waals surface area contributed by atoms with Crippen molar-refractivity contribution in [2.24, 2.45) is 17.8 Å². The zero-order valence-corrected chi connectivity index (χ0v) is 9.90. The minimum Gasteiger partial charge on any atom is -0.254 e. The van der Waals surface area contributed by atoms with Gasteiger partial charge in [0.2, 0.25) is 0 Å². The highest BCUT2D eigenvalue weighted by Gasteiger charge is 2.36. The van der Waals surface area contributed by atoms with Crippen molar-refractivity contribution in [2.75, 3.05) is 0 Å². The van der Waals surface area contributed by atoms with Crippen LogP contribution >= 0.6 is 0 Å². The summed E-state index contributed by atoms with van der Waals surface area (Å²) in [4.78, 5) is 9.63. The first kappa shape index (κ1) is 12.3. The molecule has 0 N–H and O–H groups in total. The first-order valence-electron chi connectivity index (χ1n) is 5.92. The zero-order chi connectivity index (χ0) is 11.3. The average molecular weight is 211 g/mol. The van der Waals surface area contributed by atoms with Gasteiger partial charge in [-0.25, -0.2) is 0 Å². The second kappa shape index (κ2) is 5.97. The van der Waals surface area contributed by atoms with Gasteiger partial charge in [0.05, 0.1) is 0 Å². The van der Waals surface area contributed by atoms with E-state index in [0.717, 1.165) is 6.42 Å². The molecule has 0 aromatic heterocycles. The number of rotatable bonds is 4. The Hall–Kier alpha value is -0.750. The molecule has 1 rings (SSSR count). The Morgan fingerprint density at radius 3 is 2.67 bits per heavy atom. The van der Waals surface area contributed by atoms with E-state index >= 15 is 0 Å². The summed E-state index contributed by atoms with van der Waals surface area (Å²) in [5.74, 6) is 1.82. The Kier molecular flexibility index (Phi) is 4.90. The van der Waals surface area contributed by atoms with Gasteiger partial charge in [0.1, 0.15) is 6.10 Å². The molecular weight excluding hydrogens is 190 g/mol. The first-order valence-corrected chi connectivity index (χ1v) is 5.92. The molecular formula is C12H21NO2. The molecule has 0 aliphatic heterocycles. The molecule has 1 aliphatic carbocycles. The maximum absolute atomic E-state index is 8.35. The van der Waals surface area contributed by atoms with E-state index in [1.807, 2.05) is 0 Å². The van der Waals surface area contributed by atoms with E-state index in [9.17, 15) is 0 Å². The Labute approximate surface area is 92.3 Å². The number of hydrogen-bond acceptors (Lipinski definition) is 3. The van der Waals surface area contributed by atoms with E-state index in [1.165, 1.54) is 19.3 Å². The lowest BCUT2D eigenvalue weighted by Crippen LogP contribution is -2.37. The summed E-state index contributed by atoms with van der Waals surface area (Å²) in [6.45, 7) is 6.68. The van der Waals surface area contributed by atoms with Crippen LogP contribution in [0.3, 0.4) is 0 Å². The van der Waals surface area contributed by atoms with Crippen LogP contribution in [0, 0.1) is 29.3 Å². The Morgan fingerprint density at radius 2 is 2.13 bits per heavy atom. The van der Waals surface area contributed by atoms with Gasteiger partial charge in [0.15, 0.2) is 0 Å². The maximum Gasteiger partial charge on any atom is 0.324 e. The van der Waals surface area contributed by atoms with Crippen molar-refractivity contribution in [3.05, 3.63) is 0 Å². The third-order valence-electron chi connectivity index (χ3n) is 3.54. The number of hydrogen-bond donors (Lipinski definition) is 0. The predicted molar refractivity (Wildman–Crippen MR) is 57.5 cm³/mol. The van der Waals surface area contributed by atoms with Crippen molar-refractivity contribution in [2.45, 2.75) is 52.6 Å². The highest BCUT2D eigenvalue weighted by atomic mass is 17.2. The molecule has 3 atom stereocenters. The van der Waals surface area contributed by atoms with Gasteiger partial charge in [-0.3, -0.25) is 4.89 Å². The van der Waals surface area contributed by atoms with Gasteiger partial charge in [0, 0.05) is 0 Å². The van der Waals surface area contributed by atoms with E-state index < -0.39 is 0 Å². The molecule has 0 radical (unpaired) electrons. The van der Waals surface area contributed by atoms with E-state index in [4.69, 9.17) is 10.1 Å². The molecule has 0 aromatic rings. The van der Waals surface area contributed by atoms with Gasteiger partial charge in [-0.1, -0.05) is 33.6 Å². The van der Waals surface area contributed by atoms with Gasteiger partial charge >= 0.3 is 6.26 Å². The van der Waals surface area contributed by atoms with Gasteiger partial charge in [-0.05, 0) is 30.6 Å². The first-order chi connectivity index (χ1) is 7.20. The van der Waals surface area contributed by atoms with Crippen LogP contribution in [0.25, 0.3) is 0 Å². The Bertz CT molecular complexity index is 222. The molecule has 86 valence electrons. The second-order valence-corrected chi connectivity index (χ2v) is 4.73. The Balaban J connectivity index is 2.62. The normalized spacial score (nSPS) is 31.3. The van der Waals surface area contributed by atoms with Gasteiger partial charge in [0.25, 0.3) is 0 Å². The molecule has 0 spiro atoms. The minimum atomic E-state index is 0.100. The van der Waals surface area contributed by atoms with Crippen molar-refractivity contribution in [1.29, 1.82) is 5.26 Å². The van der Waals surface area contributed by atoms with Crippen LogP contribution in [0.15, 0.2) is 0 Å². The van der Waals surface area contributed by atoms with Crippen molar-refractivity contribution < 1.29 is 9.78 Å². The third kappa shape index (κ3) is 3.10. The fraction of sp³-hybridized carbons (Fsp3) is 0.917. The lowest BCUT2D eigenvalue weighted by Gasteiger charge is -2.38. The van der Waals surface area contributed by atoms with Crippen molar-refractivity contribution >= 4 is 0 Å². The SMILES string of the molecule is CCC1CCCC(OOC#N)C1C(C)C. The molecule has 0 bridgehead atoms. The van der Waals surface area contributed by atoms with Crippen molar-refractivity contribution in [3.8, 4) is 6.26 Å². The molecule has 0 heterocycles. The quantitative estimate of drug-likeness (QED) is 0.407. The minimum absolute atomic E-state index is 0.100. The van der Waals surface area contributed by atoms with Crippen LogP contribution in [-0.4, -0.2) is 6.10 Å². The summed E-state index contributed by atoms with van der Waals surface area (Å²) >= 11 is 0. The molecule has 0 aromatic carbocycles. The molecule has 1 fully saturated rings. The van der Waals surface area contributed by atoms with E-state index in [2.05, 4.69) is 25.7 Å². The second-order valence-electron chi connectivity index (χ2n) is 4.73. The average Bonchev–Trinajstić information content (AvgIpc) is 2.25. The predicted octanol–water partition coefficient (Wildman–Crippen LogP) is 3.27. The lowest BCUT2D eigenvalue weighted by molar-refractivity contribution is -0.298. The fourth-order valence-corrected chi connectivity index (χ4v) is 2.92. The van der Waals surface area contributed by atoms with Crippen LogP contribution in [0.1, 0.15) is 46.5 Å². The summed E-state index contributed by atoms with van der Waals surface area (Å²) < 4.78 is 0. The summed E-state index contributed by atoms with van der Waals surface area (Å²) in [5.41, 5.74) is 0. The molecule has 1 saturated carbocycles. The van der Waals surface area contributed by atoms with Crippen LogP contribution in [0.2, 0.25) is 0 Å². The maximum atomic E-state index is 8.35. The molecule has 15 heavy (non-hydrogen) atoms. The fourth-order valence-electron chi connectivity index (χ4n) is 2.92. The summed E-state index contributed by atoms with van der Waals surface area (Å²) in [5, 5.41) is 8.35. The standard InChI is InChI=1S/C12H21NO2/c1-4-10-6-5-7-11(15-14-8-13)12(10)9(2)3/h9-12H,4-7H2,1-3H3. The molecule has 1 aliphatic rings. The number of nitrogens with zero attached hydrogens (tertiary/aromatic N) is 1.